The van der Waals surface area contributed by atoms with Crippen molar-refractivity contribution in [1.29, 1.82) is 0 Å². The molecule has 4 nitrogen and oxygen atoms in total. The summed E-state index contributed by atoms with van der Waals surface area (Å²) < 4.78 is 14.7. The molecule has 0 saturated carbocycles. The van der Waals surface area contributed by atoms with Gasteiger partial charge >= 0.3 is 5.97 Å². The maximum Gasteiger partial charge on any atom is 0.356 e. The van der Waals surface area contributed by atoms with Gasteiger partial charge in [-0.15, -0.1) is 0 Å². The minimum atomic E-state index is -1.11. The van der Waals surface area contributed by atoms with Gasteiger partial charge in [-0.1, -0.05) is 6.07 Å². The molecule has 1 heterocycles. The van der Waals surface area contributed by atoms with E-state index in [9.17, 15) is 9.18 Å². The molecule has 0 atom stereocenters. The number of aromatic carboxylic acids is 1. The van der Waals surface area contributed by atoms with Crippen molar-refractivity contribution in [2.75, 3.05) is 0 Å². The van der Waals surface area contributed by atoms with Crippen LogP contribution in [-0.2, 0) is 0 Å². The highest BCUT2D eigenvalue weighted by Crippen LogP contribution is 2.13. The van der Waals surface area contributed by atoms with Crippen LogP contribution in [0.2, 0.25) is 0 Å². The van der Waals surface area contributed by atoms with E-state index in [0.717, 1.165) is 0 Å². The number of aryl methyl sites for hydroxylation is 1. The highest BCUT2D eigenvalue weighted by molar-refractivity contribution is 5.85. The maximum absolute atomic E-state index is 13.3. The molecule has 0 amide bonds. The van der Waals surface area contributed by atoms with Gasteiger partial charge in [-0.3, -0.25) is 0 Å². The molecular formula is C11H9FN2O2. The Balaban J connectivity index is 2.42. The van der Waals surface area contributed by atoms with Crippen LogP contribution < -0.4 is 0 Å². The summed E-state index contributed by atoms with van der Waals surface area (Å²) >= 11 is 0. The highest BCUT2D eigenvalue weighted by atomic mass is 19.1. The second-order valence-corrected chi connectivity index (χ2v) is 3.40. The molecule has 1 aromatic heterocycles. The van der Waals surface area contributed by atoms with E-state index in [1.807, 2.05) is 0 Å². The molecule has 0 radical (unpaired) electrons. The lowest BCUT2D eigenvalue weighted by molar-refractivity contribution is 0.0691. The normalized spacial score (nSPS) is 10.4. The van der Waals surface area contributed by atoms with E-state index in [2.05, 4.69) is 4.98 Å². The number of benzene rings is 1. The summed E-state index contributed by atoms with van der Waals surface area (Å²) in [7, 11) is 0. The summed E-state index contributed by atoms with van der Waals surface area (Å²) in [5.74, 6) is -1.44. The fourth-order valence-electron chi connectivity index (χ4n) is 1.32. The lowest BCUT2D eigenvalue weighted by Gasteiger charge is -2.03. The van der Waals surface area contributed by atoms with Crippen molar-refractivity contribution >= 4 is 5.97 Å². The number of hydrogen-bond donors (Lipinski definition) is 1. The van der Waals surface area contributed by atoms with Crippen molar-refractivity contribution in [2.24, 2.45) is 0 Å². The summed E-state index contributed by atoms with van der Waals surface area (Å²) in [5.41, 5.74) is 1.02. The zero-order valence-electron chi connectivity index (χ0n) is 8.51. The van der Waals surface area contributed by atoms with Gasteiger partial charge in [0.2, 0.25) is 0 Å². The molecule has 2 rings (SSSR count). The summed E-state index contributed by atoms with van der Waals surface area (Å²) in [6, 6.07) is 4.67. The number of nitrogens with zero attached hydrogens (tertiary/aromatic N) is 2. The predicted molar refractivity (Wildman–Crippen MR) is 55.2 cm³/mol. The Bertz CT molecular complexity index is 549. The van der Waals surface area contributed by atoms with Crippen LogP contribution in [0.25, 0.3) is 5.69 Å². The lowest BCUT2D eigenvalue weighted by atomic mass is 10.2. The first-order valence-electron chi connectivity index (χ1n) is 4.62. The van der Waals surface area contributed by atoms with Crippen LogP contribution in [0.3, 0.4) is 0 Å². The summed E-state index contributed by atoms with van der Waals surface area (Å²) in [4.78, 5) is 14.3. The van der Waals surface area contributed by atoms with E-state index in [0.29, 0.717) is 11.3 Å². The Hall–Kier alpha value is -2.17. The molecule has 0 aliphatic carbocycles. The molecule has 1 N–H and O–H groups in total. The Morgan fingerprint density at radius 1 is 1.50 bits per heavy atom. The third-order valence-corrected chi connectivity index (χ3v) is 2.26. The van der Waals surface area contributed by atoms with Crippen molar-refractivity contribution in [1.82, 2.24) is 9.55 Å². The minimum absolute atomic E-state index is 0.0685. The number of carboxylic acid groups (broad SMARTS) is 1. The van der Waals surface area contributed by atoms with Gasteiger partial charge in [-0.2, -0.15) is 0 Å². The van der Waals surface area contributed by atoms with Crippen LogP contribution in [0.5, 0.6) is 0 Å². The minimum Gasteiger partial charge on any atom is -0.476 e. The van der Waals surface area contributed by atoms with Crippen LogP contribution in [0.4, 0.5) is 4.39 Å². The number of imidazole rings is 1. The van der Waals surface area contributed by atoms with Crippen molar-refractivity contribution in [2.45, 2.75) is 6.92 Å². The highest BCUT2D eigenvalue weighted by Gasteiger charge is 2.08. The van der Waals surface area contributed by atoms with Crippen molar-refractivity contribution < 1.29 is 14.3 Å². The number of rotatable bonds is 2. The molecule has 0 aliphatic heterocycles. The molecule has 2 aromatic rings. The first kappa shape index (κ1) is 10.4. The van der Waals surface area contributed by atoms with Gasteiger partial charge in [-0.05, 0) is 24.6 Å². The van der Waals surface area contributed by atoms with Crippen LogP contribution in [0.15, 0.2) is 30.7 Å². The van der Waals surface area contributed by atoms with E-state index < -0.39 is 5.97 Å². The molecule has 0 spiro atoms. The fourth-order valence-corrected chi connectivity index (χ4v) is 1.32. The number of carboxylic acids is 1. The van der Waals surface area contributed by atoms with E-state index in [1.165, 1.54) is 23.2 Å². The van der Waals surface area contributed by atoms with Crippen LogP contribution in [-0.4, -0.2) is 20.6 Å². The van der Waals surface area contributed by atoms with Gasteiger partial charge in [0.15, 0.2) is 5.69 Å². The van der Waals surface area contributed by atoms with Gasteiger partial charge < -0.3 is 9.67 Å². The third kappa shape index (κ3) is 1.79. The van der Waals surface area contributed by atoms with E-state index in [-0.39, 0.29) is 11.5 Å². The average Bonchev–Trinajstić information content (AvgIpc) is 2.71. The van der Waals surface area contributed by atoms with Crippen molar-refractivity contribution in [3.8, 4) is 5.69 Å². The molecule has 0 fully saturated rings. The second-order valence-electron chi connectivity index (χ2n) is 3.40. The average molecular weight is 220 g/mol. The third-order valence-electron chi connectivity index (χ3n) is 2.26. The van der Waals surface area contributed by atoms with Crippen LogP contribution in [0, 0.1) is 12.7 Å². The standard InChI is InChI=1S/C11H9FN2O2/c1-7-2-3-8(4-9(7)12)14-5-10(11(15)16)13-6-14/h2-6H,1H3,(H,15,16). The van der Waals surface area contributed by atoms with Gasteiger partial charge in [0.05, 0.1) is 0 Å². The van der Waals surface area contributed by atoms with Gasteiger partial charge in [0.1, 0.15) is 12.1 Å². The molecule has 16 heavy (non-hydrogen) atoms. The monoisotopic (exact) mass is 220 g/mol. The maximum atomic E-state index is 13.3. The number of hydrogen-bond acceptors (Lipinski definition) is 2. The molecule has 0 unspecified atom stereocenters. The van der Waals surface area contributed by atoms with E-state index in [4.69, 9.17) is 5.11 Å². The fraction of sp³-hybridized carbons (Fsp3) is 0.0909. The molecule has 0 aliphatic rings. The Labute approximate surface area is 91.0 Å². The van der Waals surface area contributed by atoms with Crippen LogP contribution >= 0.6 is 0 Å². The Morgan fingerprint density at radius 2 is 2.25 bits per heavy atom. The zero-order valence-corrected chi connectivity index (χ0v) is 8.51. The topological polar surface area (TPSA) is 55.1 Å². The number of carbonyl (C=O) groups is 1. The summed E-state index contributed by atoms with van der Waals surface area (Å²) in [5, 5.41) is 8.69. The largest absolute Gasteiger partial charge is 0.476 e. The predicted octanol–water partition coefficient (Wildman–Crippen LogP) is 2.02. The molecule has 1 aromatic carbocycles. The first-order valence-corrected chi connectivity index (χ1v) is 4.62. The summed E-state index contributed by atoms with van der Waals surface area (Å²) in [6.45, 7) is 1.66. The van der Waals surface area contributed by atoms with E-state index >= 15 is 0 Å². The molecule has 0 bridgehead atoms. The lowest BCUT2D eigenvalue weighted by Crippen LogP contribution is -1.96. The summed E-state index contributed by atoms with van der Waals surface area (Å²) in [6.07, 6.45) is 2.68. The number of aromatic nitrogens is 2. The molecule has 82 valence electrons. The van der Waals surface area contributed by atoms with Crippen molar-refractivity contribution in [3.63, 3.8) is 0 Å². The Kier molecular flexibility index (Phi) is 2.44. The van der Waals surface area contributed by atoms with Crippen molar-refractivity contribution in [3.05, 3.63) is 47.8 Å². The SMILES string of the molecule is Cc1ccc(-n2cnc(C(=O)O)c2)cc1F. The number of halogens is 1. The van der Waals surface area contributed by atoms with Crippen LogP contribution in [0.1, 0.15) is 16.1 Å². The molecule has 0 saturated heterocycles. The van der Waals surface area contributed by atoms with Gasteiger partial charge in [0.25, 0.3) is 0 Å². The Morgan fingerprint density at radius 3 is 2.81 bits per heavy atom. The zero-order chi connectivity index (χ0) is 11.7. The van der Waals surface area contributed by atoms with Gasteiger partial charge in [-0.25, -0.2) is 14.2 Å². The quantitative estimate of drug-likeness (QED) is 0.842. The second kappa shape index (κ2) is 3.77. The van der Waals surface area contributed by atoms with Gasteiger partial charge in [0, 0.05) is 11.9 Å². The molecule has 5 heteroatoms. The first-order chi connectivity index (χ1) is 7.58. The smallest absolute Gasteiger partial charge is 0.356 e. The molecular weight excluding hydrogens is 211 g/mol. The van der Waals surface area contributed by atoms with E-state index in [1.54, 1.807) is 19.1 Å².